The van der Waals surface area contributed by atoms with Crippen molar-refractivity contribution in [3.05, 3.63) is 0 Å². The molecule has 0 rings (SSSR count). The van der Waals surface area contributed by atoms with E-state index in [2.05, 4.69) is 27.7 Å². The summed E-state index contributed by atoms with van der Waals surface area (Å²) in [5, 5.41) is 8.64. The molecule has 0 heterocycles. The average Bonchev–Trinajstić information content (AvgIpc) is 2.36. The molecule has 0 saturated carbocycles. The predicted octanol–water partition coefficient (Wildman–Crippen LogP) is 5.51. The highest BCUT2D eigenvalue weighted by molar-refractivity contribution is 5.66. The number of carboxylic acids is 1. The van der Waals surface area contributed by atoms with Crippen molar-refractivity contribution in [2.75, 3.05) is 0 Å². The number of aliphatic carboxylic acids is 1. The van der Waals surface area contributed by atoms with Crippen molar-refractivity contribution in [2.24, 2.45) is 17.8 Å². The van der Waals surface area contributed by atoms with Crippen LogP contribution < -0.4 is 0 Å². The molecule has 0 aliphatic rings. The Morgan fingerprint density at radius 3 is 1.68 bits per heavy atom. The maximum absolute atomic E-state index is 10.5. The summed E-state index contributed by atoms with van der Waals surface area (Å²) < 4.78 is 0. The number of rotatable bonds is 12. The largest absolute Gasteiger partial charge is 0.481 e. The SMILES string of the molecule is CCC(C)CCCC(C)CCCC(C)CCC(=O)O. The topological polar surface area (TPSA) is 37.3 Å². The van der Waals surface area contributed by atoms with Gasteiger partial charge in [-0.1, -0.05) is 72.6 Å². The Balaban J connectivity index is 3.46. The monoisotopic (exact) mass is 270 g/mol. The van der Waals surface area contributed by atoms with Gasteiger partial charge in [0.05, 0.1) is 0 Å². The maximum atomic E-state index is 10.5. The van der Waals surface area contributed by atoms with Crippen LogP contribution in [0.1, 0.15) is 85.5 Å². The van der Waals surface area contributed by atoms with Gasteiger partial charge >= 0.3 is 5.97 Å². The second kappa shape index (κ2) is 11.3. The highest BCUT2D eigenvalue weighted by atomic mass is 16.4. The van der Waals surface area contributed by atoms with Crippen molar-refractivity contribution in [1.29, 1.82) is 0 Å². The molecule has 3 unspecified atom stereocenters. The van der Waals surface area contributed by atoms with Gasteiger partial charge in [0.2, 0.25) is 0 Å². The molecular formula is C17H34O2. The Labute approximate surface area is 120 Å². The van der Waals surface area contributed by atoms with Crippen molar-refractivity contribution in [3.63, 3.8) is 0 Å². The zero-order chi connectivity index (χ0) is 14.7. The quantitative estimate of drug-likeness (QED) is 0.507. The van der Waals surface area contributed by atoms with Gasteiger partial charge in [-0.15, -0.1) is 0 Å². The molecule has 2 heteroatoms. The number of hydrogen-bond donors (Lipinski definition) is 1. The molecule has 0 aliphatic heterocycles. The van der Waals surface area contributed by atoms with Gasteiger partial charge in [-0.25, -0.2) is 0 Å². The van der Waals surface area contributed by atoms with E-state index in [9.17, 15) is 4.79 Å². The standard InChI is InChI=1S/C17H34O2/c1-5-14(2)8-6-9-15(3)10-7-11-16(4)12-13-17(18)19/h14-16H,5-13H2,1-4H3,(H,18,19). The van der Waals surface area contributed by atoms with E-state index < -0.39 is 5.97 Å². The minimum atomic E-state index is -0.662. The summed E-state index contributed by atoms with van der Waals surface area (Å²) in [5.74, 6) is 1.60. The second-order valence-corrected chi connectivity index (χ2v) is 6.52. The van der Waals surface area contributed by atoms with Gasteiger partial charge < -0.3 is 5.11 Å². The van der Waals surface area contributed by atoms with E-state index in [1.54, 1.807) is 0 Å². The first-order valence-corrected chi connectivity index (χ1v) is 8.17. The Bertz CT molecular complexity index is 225. The summed E-state index contributed by atoms with van der Waals surface area (Å²) in [7, 11) is 0. The third kappa shape index (κ3) is 12.3. The molecule has 0 aromatic rings. The smallest absolute Gasteiger partial charge is 0.303 e. The van der Waals surface area contributed by atoms with Gasteiger partial charge in [-0.3, -0.25) is 4.79 Å². The minimum absolute atomic E-state index is 0.325. The maximum Gasteiger partial charge on any atom is 0.303 e. The van der Waals surface area contributed by atoms with Gasteiger partial charge in [0, 0.05) is 6.42 Å². The van der Waals surface area contributed by atoms with Gasteiger partial charge in [-0.05, 0) is 24.2 Å². The molecule has 3 atom stereocenters. The first-order chi connectivity index (χ1) is 8.95. The van der Waals surface area contributed by atoms with Crippen molar-refractivity contribution in [3.8, 4) is 0 Å². The summed E-state index contributed by atoms with van der Waals surface area (Å²) in [6, 6.07) is 0. The van der Waals surface area contributed by atoms with Gasteiger partial charge in [0.25, 0.3) is 0 Å². The highest BCUT2D eigenvalue weighted by Crippen LogP contribution is 2.21. The molecule has 2 nitrogen and oxygen atoms in total. The van der Waals surface area contributed by atoms with Crippen LogP contribution in [0.25, 0.3) is 0 Å². The van der Waals surface area contributed by atoms with E-state index in [-0.39, 0.29) is 0 Å². The number of hydrogen-bond acceptors (Lipinski definition) is 1. The molecule has 0 radical (unpaired) electrons. The van der Waals surface area contributed by atoms with E-state index >= 15 is 0 Å². The third-order valence-electron chi connectivity index (χ3n) is 4.34. The van der Waals surface area contributed by atoms with Crippen molar-refractivity contribution in [2.45, 2.75) is 85.5 Å². The van der Waals surface area contributed by atoms with Crippen LogP contribution in [-0.4, -0.2) is 11.1 Å². The molecule has 0 bridgehead atoms. The molecular weight excluding hydrogens is 236 g/mol. The molecule has 19 heavy (non-hydrogen) atoms. The van der Waals surface area contributed by atoms with Crippen LogP contribution in [-0.2, 0) is 4.79 Å². The molecule has 0 aromatic heterocycles. The third-order valence-corrected chi connectivity index (χ3v) is 4.34. The number of carboxylic acid groups (broad SMARTS) is 1. The van der Waals surface area contributed by atoms with Crippen molar-refractivity contribution in [1.82, 2.24) is 0 Å². The summed E-state index contributed by atoms with van der Waals surface area (Å²) in [6.07, 6.45) is 10.3. The Kier molecular flexibility index (Phi) is 11.0. The minimum Gasteiger partial charge on any atom is -0.481 e. The summed E-state index contributed by atoms with van der Waals surface area (Å²) in [5.41, 5.74) is 0. The summed E-state index contributed by atoms with van der Waals surface area (Å²) >= 11 is 0. The molecule has 0 saturated heterocycles. The molecule has 0 fully saturated rings. The van der Waals surface area contributed by atoms with E-state index in [0.29, 0.717) is 12.3 Å². The van der Waals surface area contributed by atoms with E-state index in [1.165, 1.54) is 44.9 Å². The highest BCUT2D eigenvalue weighted by Gasteiger charge is 2.08. The first kappa shape index (κ1) is 18.5. The van der Waals surface area contributed by atoms with E-state index in [0.717, 1.165) is 18.3 Å². The fourth-order valence-electron chi connectivity index (χ4n) is 2.49. The average molecular weight is 270 g/mol. The van der Waals surface area contributed by atoms with Crippen LogP contribution in [0.3, 0.4) is 0 Å². The fourth-order valence-corrected chi connectivity index (χ4v) is 2.49. The Hall–Kier alpha value is -0.530. The molecule has 0 amide bonds. The van der Waals surface area contributed by atoms with Crippen LogP contribution in [0.15, 0.2) is 0 Å². The van der Waals surface area contributed by atoms with Crippen LogP contribution in [0.2, 0.25) is 0 Å². The number of carbonyl (C=O) groups is 1. The molecule has 114 valence electrons. The summed E-state index contributed by atoms with van der Waals surface area (Å²) in [6.45, 7) is 9.15. The zero-order valence-corrected chi connectivity index (χ0v) is 13.5. The lowest BCUT2D eigenvalue weighted by molar-refractivity contribution is -0.137. The molecule has 0 spiro atoms. The van der Waals surface area contributed by atoms with Gasteiger partial charge in [-0.2, -0.15) is 0 Å². The van der Waals surface area contributed by atoms with Crippen LogP contribution in [0.4, 0.5) is 0 Å². The van der Waals surface area contributed by atoms with E-state index in [4.69, 9.17) is 5.11 Å². The van der Waals surface area contributed by atoms with Crippen LogP contribution in [0, 0.1) is 17.8 Å². The fraction of sp³-hybridized carbons (Fsp3) is 0.941. The van der Waals surface area contributed by atoms with Crippen molar-refractivity contribution >= 4 is 5.97 Å². The molecule has 0 aromatic carbocycles. The Morgan fingerprint density at radius 2 is 1.26 bits per heavy atom. The van der Waals surface area contributed by atoms with Crippen molar-refractivity contribution < 1.29 is 9.90 Å². The Morgan fingerprint density at radius 1 is 0.842 bits per heavy atom. The second-order valence-electron chi connectivity index (χ2n) is 6.52. The normalized spacial score (nSPS) is 16.0. The lowest BCUT2D eigenvalue weighted by Gasteiger charge is -2.15. The van der Waals surface area contributed by atoms with Gasteiger partial charge in [0.1, 0.15) is 0 Å². The molecule has 0 aliphatic carbocycles. The lowest BCUT2D eigenvalue weighted by Crippen LogP contribution is -2.03. The zero-order valence-electron chi connectivity index (χ0n) is 13.5. The van der Waals surface area contributed by atoms with Crippen LogP contribution >= 0.6 is 0 Å². The summed E-state index contributed by atoms with van der Waals surface area (Å²) in [4.78, 5) is 10.5. The first-order valence-electron chi connectivity index (χ1n) is 8.17. The van der Waals surface area contributed by atoms with Crippen LogP contribution in [0.5, 0.6) is 0 Å². The molecule has 1 N–H and O–H groups in total. The van der Waals surface area contributed by atoms with E-state index in [1.807, 2.05) is 0 Å². The lowest BCUT2D eigenvalue weighted by atomic mass is 9.91. The van der Waals surface area contributed by atoms with Gasteiger partial charge in [0.15, 0.2) is 0 Å². The predicted molar refractivity (Wildman–Crippen MR) is 82.4 cm³/mol.